The molecule has 182 valence electrons. The van der Waals surface area contributed by atoms with E-state index in [1.165, 1.54) is 11.8 Å². The number of thioether (sulfide) groups is 1. The number of ether oxygens (including phenoxy) is 1. The van der Waals surface area contributed by atoms with Gasteiger partial charge in [-0.3, -0.25) is 9.59 Å². The lowest BCUT2D eigenvalue weighted by atomic mass is 9.98. The van der Waals surface area contributed by atoms with Gasteiger partial charge in [0.2, 0.25) is 5.91 Å². The maximum absolute atomic E-state index is 12.8. The Balaban J connectivity index is 1.36. The second kappa shape index (κ2) is 10.6. The lowest BCUT2D eigenvalue weighted by molar-refractivity contribution is -0.121. The van der Waals surface area contributed by atoms with Gasteiger partial charge < -0.3 is 10.1 Å². The number of rotatable bonds is 6. The number of anilines is 1. The summed E-state index contributed by atoms with van der Waals surface area (Å²) in [7, 11) is 1.63. The fourth-order valence-corrected chi connectivity index (χ4v) is 5.28. The lowest BCUT2D eigenvalue weighted by Crippen LogP contribution is -2.25. The molecule has 0 aromatic heterocycles. The van der Waals surface area contributed by atoms with Gasteiger partial charge in [-0.2, -0.15) is 10.1 Å². The minimum atomic E-state index is -0.602. The quantitative estimate of drug-likeness (QED) is 0.464. The lowest BCUT2D eigenvalue weighted by Gasteiger charge is -2.23. The molecule has 0 saturated heterocycles. The number of nitrogens with one attached hydrogen (secondary N) is 1. The van der Waals surface area contributed by atoms with Crippen LogP contribution in [0, 0.1) is 0 Å². The molecule has 9 heteroatoms. The number of amides is 2. The van der Waals surface area contributed by atoms with Crippen molar-refractivity contribution in [2.24, 2.45) is 10.1 Å². The maximum atomic E-state index is 12.8. The van der Waals surface area contributed by atoms with Gasteiger partial charge in [-0.1, -0.05) is 65.8 Å². The van der Waals surface area contributed by atoms with E-state index < -0.39 is 5.25 Å². The summed E-state index contributed by atoms with van der Waals surface area (Å²) in [6.07, 6.45) is 0.654. The minimum Gasteiger partial charge on any atom is -0.497 e. The summed E-state index contributed by atoms with van der Waals surface area (Å²) in [5, 5.41) is 10.0. The molecule has 3 aromatic carbocycles. The molecule has 0 saturated carbocycles. The number of benzene rings is 3. The molecule has 0 bridgehead atoms. The first-order chi connectivity index (χ1) is 17.5. The van der Waals surface area contributed by atoms with E-state index in [1.807, 2.05) is 66.7 Å². The highest BCUT2D eigenvalue weighted by atomic mass is 35.5. The van der Waals surface area contributed by atoms with Crippen molar-refractivity contribution in [2.75, 3.05) is 12.4 Å². The third-order valence-electron chi connectivity index (χ3n) is 5.94. The van der Waals surface area contributed by atoms with Crippen LogP contribution in [0.2, 0.25) is 5.02 Å². The van der Waals surface area contributed by atoms with Gasteiger partial charge in [0.05, 0.1) is 18.9 Å². The van der Waals surface area contributed by atoms with E-state index in [1.54, 1.807) is 24.3 Å². The van der Waals surface area contributed by atoms with Gasteiger partial charge in [0.1, 0.15) is 11.0 Å². The summed E-state index contributed by atoms with van der Waals surface area (Å²) in [6, 6.07) is 24.3. The van der Waals surface area contributed by atoms with Crippen LogP contribution in [0.4, 0.5) is 5.69 Å². The zero-order valence-electron chi connectivity index (χ0n) is 19.4. The molecule has 0 fully saturated rings. The first-order valence-electron chi connectivity index (χ1n) is 11.4. The van der Waals surface area contributed by atoms with Gasteiger partial charge in [-0.25, -0.2) is 5.01 Å². The highest BCUT2D eigenvalue weighted by Crippen LogP contribution is 2.39. The zero-order chi connectivity index (χ0) is 25.1. The Kier molecular flexibility index (Phi) is 7.06. The van der Waals surface area contributed by atoms with Crippen molar-refractivity contribution in [2.45, 2.75) is 24.1 Å². The fourth-order valence-electron chi connectivity index (χ4n) is 4.10. The molecule has 2 atom stereocenters. The molecule has 7 nitrogen and oxygen atoms in total. The number of aliphatic imine (C=N–C) groups is 1. The Morgan fingerprint density at radius 2 is 1.81 bits per heavy atom. The normalized spacial score (nSPS) is 19.2. The third-order valence-corrected chi connectivity index (χ3v) is 7.34. The van der Waals surface area contributed by atoms with E-state index in [2.05, 4.69) is 10.3 Å². The second-order valence-corrected chi connectivity index (χ2v) is 9.95. The van der Waals surface area contributed by atoms with Crippen LogP contribution in [0.1, 0.15) is 30.0 Å². The van der Waals surface area contributed by atoms with Gasteiger partial charge >= 0.3 is 0 Å². The first-order valence-corrected chi connectivity index (χ1v) is 12.7. The number of para-hydroxylation sites is 1. The Morgan fingerprint density at radius 3 is 2.50 bits per heavy atom. The van der Waals surface area contributed by atoms with Crippen molar-refractivity contribution < 1.29 is 14.3 Å². The van der Waals surface area contributed by atoms with Crippen molar-refractivity contribution in [1.29, 1.82) is 0 Å². The highest BCUT2D eigenvalue weighted by molar-refractivity contribution is 8.15. The third kappa shape index (κ3) is 5.29. The molecule has 0 unspecified atom stereocenters. The predicted octanol–water partition coefficient (Wildman–Crippen LogP) is 5.53. The summed E-state index contributed by atoms with van der Waals surface area (Å²) >= 11 is 7.35. The van der Waals surface area contributed by atoms with Crippen LogP contribution in [0.15, 0.2) is 89.0 Å². The molecular formula is C27H23ClN4O3S. The van der Waals surface area contributed by atoms with Gasteiger partial charge in [-0.15, -0.1) is 0 Å². The van der Waals surface area contributed by atoms with E-state index in [9.17, 15) is 9.59 Å². The largest absolute Gasteiger partial charge is 0.497 e. The van der Waals surface area contributed by atoms with E-state index in [0.717, 1.165) is 22.6 Å². The number of hydrogen-bond acceptors (Lipinski definition) is 6. The number of methoxy groups -OCH3 is 1. The van der Waals surface area contributed by atoms with E-state index in [-0.39, 0.29) is 24.3 Å². The monoisotopic (exact) mass is 518 g/mol. The summed E-state index contributed by atoms with van der Waals surface area (Å²) in [4.78, 5) is 29.6. The average molecular weight is 519 g/mol. The number of amidine groups is 1. The average Bonchev–Trinajstić information content (AvgIpc) is 3.49. The van der Waals surface area contributed by atoms with Crippen molar-refractivity contribution in [3.63, 3.8) is 0 Å². The Hall–Kier alpha value is -3.62. The van der Waals surface area contributed by atoms with Gasteiger partial charge in [0.25, 0.3) is 5.91 Å². The summed E-state index contributed by atoms with van der Waals surface area (Å²) in [6.45, 7) is 0. The molecule has 5 rings (SSSR count). The van der Waals surface area contributed by atoms with Gasteiger partial charge in [0, 0.05) is 23.6 Å². The SMILES string of the molecule is COc1ccc([C@@H]2CC(c3ccc(Cl)cc3)=NN2C2=NC(=O)[C@H](CC(=O)Nc3ccccc3)S2)cc1. The number of hydrazone groups is 1. The molecule has 2 aliphatic heterocycles. The molecule has 2 heterocycles. The number of nitrogens with zero attached hydrogens (tertiary/aromatic N) is 3. The van der Waals surface area contributed by atoms with Crippen LogP contribution in [-0.4, -0.2) is 40.1 Å². The summed E-state index contributed by atoms with van der Waals surface area (Å²) in [5.74, 6) is 0.193. The van der Waals surface area contributed by atoms with Crippen molar-refractivity contribution in [3.05, 3.63) is 95.0 Å². The van der Waals surface area contributed by atoms with Crippen molar-refractivity contribution in [1.82, 2.24) is 5.01 Å². The van der Waals surface area contributed by atoms with E-state index in [4.69, 9.17) is 21.4 Å². The maximum Gasteiger partial charge on any atom is 0.262 e. The minimum absolute atomic E-state index is 0.0280. The molecule has 2 aliphatic rings. The van der Waals surface area contributed by atoms with Crippen molar-refractivity contribution in [3.8, 4) is 5.75 Å². The predicted molar refractivity (Wildman–Crippen MR) is 144 cm³/mol. The number of carbonyl (C=O) groups excluding carboxylic acids is 2. The van der Waals surface area contributed by atoms with Crippen LogP contribution in [-0.2, 0) is 9.59 Å². The van der Waals surface area contributed by atoms with Crippen LogP contribution in [0.5, 0.6) is 5.75 Å². The number of halogens is 1. The first kappa shape index (κ1) is 24.1. The number of hydrogen-bond donors (Lipinski definition) is 1. The Bertz CT molecular complexity index is 1330. The Labute approximate surface area is 218 Å². The van der Waals surface area contributed by atoms with Gasteiger partial charge in [-0.05, 0) is 47.5 Å². The van der Waals surface area contributed by atoms with Crippen LogP contribution < -0.4 is 10.1 Å². The number of carbonyl (C=O) groups is 2. The smallest absolute Gasteiger partial charge is 0.262 e. The topological polar surface area (TPSA) is 83.4 Å². The standard InChI is InChI=1S/C27H23ClN4O3S/c1-35-21-13-9-18(10-14-21)23-15-22(17-7-11-19(28)12-8-17)31-32(23)27-30-26(34)24(36-27)16-25(33)29-20-5-3-2-4-6-20/h2-14,23-24H,15-16H2,1H3,(H,29,33)/t23-,24-/m0/s1. The van der Waals surface area contributed by atoms with Crippen LogP contribution >= 0.6 is 23.4 Å². The Morgan fingerprint density at radius 1 is 1.08 bits per heavy atom. The fraction of sp³-hybridized carbons (Fsp3) is 0.185. The summed E-state index contributed by atoms with van der Waals surface area (Å²) < 4.78 is 5.30. The van der Waals surface area contributed by atoms with Gasteiger partial charge in [0.15, 0.2) is 5.17 Å². The van der Waals surface area contributed by atoms with Crippen LogP contribution in [0.25, 0.3) is 0 Å². The molecule has 0 spiro atoms. The molecule has 3 aromatic rings. The van der Waals surface area contributed by atoms with E-state index >= 15 is 0 Å². The van der Waals surface area contributed by atoms with Crippen LogP contribution in [0.3, 0.4) is 0 Å². The molecule has 0 aliphatic carbocycles. The van der Waals surface area contributed by atoms with E-state index in [0.29, 0.717) is 22.3 Å². The zero-order valence-corrected chi connectivity index (χ0v) is 21.0. The molecule has 0 radical (unpaired) electrons. The molecular weight excluding hydrogens is 496 g/mol. The molecule has 36 heavy (non-hydrogen) atoms. The molecule has 1 N–H and O–H groups in total. The second-order valence-electron chi connectivity index (χ2n) is 8.35. The van der Waals surface area contributed by atoms with Crippen molar-refractivity contribution >= 4 is 51.7 Å². The summed E-state index contributed by atoms with van der Waals surface area (Å²) in [5.41, 5.74) is 3.53. The molecule has 2 amide bonds. The highest BCUT2D eigenvalue weighted by Gasteiger charge is 2.39.